The lowest BCUT2D eigenvalue weighted by Crippen LogP contribution is -2.32. The number of hydrogen-bond acceptors (Lipinski definition) is 6. The third-order valence-corrected chi connectivity index (χ3v) is 8.21. The molecule has 2 amide bonds. The number of carbonyl (C=O) groups excluding carboxylic acids is 2. The summed E-state index contributed by atoms with van der Waals surface area (Å²) in [6, 6.07) is 22.5. The van der Waals surface area contributed by atoms with Crippen molar-refractivity contribution >= 4 is 45.3 Å². The third-order valence-electron chi connectivity index (χ3n) is 6.16. The molecule has 0 saturated heterocycles. The minimum absolute atomic E-state index is 0.0360. The van der Waals surface area contributed by atoms with Gasteiger partial charge in [-0.25, -0.2) is 13.8 Å². The van der Waals surface area contributed by atoms with E-state index in [1.807, 2.05) is 38.1 Å². The van der Waals surface area contributed by atoms with Crippen LogP contribution < -0.4 is 10.7 Å². The summed E-state index contributed by atoms with van der Waals surface area (Å²) in [5, 5.41) is 6.68. The van der Waals surface area contributed by atoms with Crippen LogP contribution in [0.2, 0.25) is 5.02 Å². The number of sulfonamides is 1. The van der Waals surface area contributed by atoms with Crippen LogP contribution in [0.5, 0.6) is 0 Å². The van der Waals surface area contributed by atoms with E-state index in [-0.39, 0.29) is 23.7 Å². The Balaban J connectivity index is 1.44. The zero-order chi connectivity index (χ0) is 29.6. The second-order valence-corrected chi connectivity index (χ2v) is 11.9. The van der Waals surface area contributed by atoms with Gasteiger partial charge in [-0.05, 0) is 68.3 Å². The first-order valence-corrected chi connectivity index (χ1v) is 14.4. The lowest BCUT2D eigenvalue weighted by molar-refractivity contribution is -0.136. The fourth-order valence-electron chi connectivity index (χ4n) is 3.82. The standard InChI is InChI=1S/C30H29ClN4O5S/c1-20-4-9-23(10-5-20)18-35(41(38,39)27-14-6-21(2)7-15-27)19-26-13-12-25(40-26)17-32-34-30(37)29(36)33-28-16-24(31)11-8-22(28)3/h4-17H,18-19H2,1-3H3,(H,33,36)(H,34,37)/b32-17+. The number of anilines is 1. The summed E-state index contributed by atoms with van der Waals surface area (Å²) in [7, 11) is -3.85. The van der Waals surface area contributed by atoms with Gasteiger partial charge in [0.15, 0.2) is 0 Å². The van der Waals surface area contributed by atoms with E-state index in [4.69, 9.17) is 16.0 Å². The smallest absolute Gasteiger partial charge is 0.329 e. The molecule has 0 fully saturated rings. The van der Waals surface area contributed by atoms with Crippen LogP contribution in [-0.4, -0.2) is 30.8 Å². The predicted molar refractivity (Wildman–Crippen MR) is 158 cm³/mol. The maximum Gasteiger partial charge on any atom is 0.329 e. The van der Waals surface area contributed by atoms with Crippen molar-refractivity contribution in [2.45, 2.75) is 38.8 Å². The van der Waals surface area contributed by atoms with E-state index >= 15 is 0 Å². The number of halogens is 1. The number of hydrazone groups is 1. The molecular weight excluding hydrogens is 564 g/mol. The van der Waals surface area contributed by atoms with Crippen LogP contribution in [0.25, 0.3) is 0 Å². The Bertz CT molecular complexity index is 1680. The normalized spacial score (nSPS) is 11.6. The molecule has 0 bridgehead atoms. The highest BCUT2D eigenvalue weighted by molar-refractivity contribution is 7.89. The first-order valence-electron chi connectivity index (χ1n) is 12.6. The van der Waals surface area contributed by atoms with Gasteiger partial charge >= 0.3 is 11.8 Å². The summed E-state index contributed by atoms with van der Waals surface area (Å²) in [6.07, 6.45) is 1.22. The van der Waals surface area contributed by atoms with E-state index in [1.165, 1.54) is 16.6 Å². The highest BCUT2D eigenvalue weighted by Gasteiger charge is 2.26. The van der Waals surface area contributed by atoms with Crippen LogP contribution >= 0.6 is 11.6 Å². The first kappa shape index (κ1) is 29.7. The zero-order valence-corrected chi connectivity index (χ0v) is 24.3. The van der Waals surface area contributed by atoms with Crippen LogP contribution in [0.15, 0.2) is 93.3 Å². The average molecular weight is 593 g/mol. The van der Waals surface area contributed by atoms with Gasteiger partial charge in [0.25, 0.3) is 0 Å². The van der Waals surface area contributed by atoms with Gasteiger partial charge in [0, 0.05) is 17.3 Å². The van der Waals surface area contributed by atoms with Crippen molar-refractivity contribution in [2.24, 2.45) is 5.10 Å². The van der Waals surface area contributed by atoms with Crippen LogP contribution in [0.1, 0.15) is 33.8 Å². The number of nitrogens with zero attached hydrogens (tertiary/aromatic N) is 2. The molecule has 0 unspecified atom stereocenters. The van der Waals surface area contributed by atoms with E-state index < -0.39 is 21.8 Å². The Kier molecular flexibility index (Phi) is 9.38. The number of rotatable bonds is 9. The molecule has 4 rings (SSSR count). The summed E-state index contributed by atoms with van der Waals surface area (Å²) in [5.74, 6) is -1.27. The Morgan fingerprint density at radius 2 is 1.54 bits per heavy atom. The molecule has 1 heterocycles. The summed E-state index contributed by atoms with van der Waals surface area (Å²) in [6.45, 7) is 5.72. The monoisotopic (exact) mass is 592 g/mol. The van der Waals surface area contributed by atoms with Gasteiger partial charge in [-0.3, -0.25) is 9.59 Å². The van der Waals surface area contributed by atoms with Gasteiger partial charge in [-0.15, -0.1) is 0 Å². The van der Waals surface area contributed by atoms with E-state index in [0.29, 0.717) is 16.5 Å². The van der Waals surface area contributed by atoms with Gasteiger partial charge in [0.2, 0.25) is 10.0 Å². The highest BCUT2D eigenvalue weighted by Crippen LogP contribution is 2.23. The third kappa shape index (κ3) is 7.91. The number of furan rings is 1. The molecule has 41 heavy (non-hydrogen) atoms. The fourth-order valence-corrected chi connectivity index (χ4v) is 5.38. The molecule has 1 aromatic heterocycles. The Hall–Kier alpha value is -4.25. The fraction of sp³-hybridized carbons (Fsp3) is 0.167. The predicted octanol–water partition coefficient (Wildman–Crippen LogP) is 5.34. The maximum atomic E-state index is 13.6. The Morgan fingerprint density at radius 3 is 2.22 bits per heavy atom. The summed E-state index contributed by atoms with van der Waals surface area (Å²) >= 11 is 5.95. The Labute approximate surface area is 243 Å². The molecule has 0 aliphatic carbocycles. The largest absolute Gasteiger partial charge is 0.459 e. The van der Waals surface area contributed by atoms with Crippen molar-refractivity contribution in [1.82, 2.24) is 9.73 Å². The van der Waals surface area contributed by atoms with E-state index in [2.05, 4.69) is 15.8 Å². The van der Waals surface area contributed by atoms with E-state index in [9.17, 15) is 18.0 Å². The molecule has 0 radical (unpaired) electrons. The molecule has 2 N–H and O–H groups in total. The minimum Gasteiger partial charge on any atom is -0.459 e. The zero-order valence-electron chi connectivity index (χ0n) is 22.7. The number of hydrogen-bond donors (Lipinski definition) is 2. The second kappa shape index (κ2) is 12.9. The second-order valence-electron chi connectivity index (χ2n) is 9.49. The molecular formula is C30H29ClN4O5S. The molecule has 0 aliphatic heterocycles. The lowest BCUT2D eigenvalue weighted by atomic mass is 10.1. The summed E-state index contributed by atoms with van der Waals surface area (Å²) < 4.78 is 34.3. The van der Waals surface area contributed by atoms with Crippen molar-refractivity contribution in [2.75, 3.05) is 5.32 Å². The quantitative estimate of drug-likeness (QED) is 0.154. The number of carbonyl (C=O) groups is 2. The molecule has 3 aromatic carbocycles. The van der Waals surface area contributed by atoms with E-state index in [1.54, 1.807) is 55.5 Å². The molecule has 212 valence electrons. The molecule has 0 spiro atoms. The van der Waals surface area contributed by atoms with Gasteiger partial charge < -0.3 is 9.73 Å². The van der Waals surface area contributed by atoms with Crippen molar-refractivity contribution < 1.29 is 22.4 Å². The van der Waals surface area contributed by atoms with Gasteiger partial charge in [0.05, 0.1) is 17.7 Å². The number of aryl methyl sites for hydroxylation is 3. The van der Waals surface area contributed by atoms with Crippen molar-refractivity contribution in [3.05, 3.63) is 118 Å². The number of amides is 2. The minimum atomic E-state index is -3.85. The molecule has 4 aromatic rings. The van der Waals surface area contributed by atoms with Crippen molar-refractivity contribution in [3.8, 4) is 0 Å². The first-order chi connectivity index (χ1) is 19.5. The molecule has 0 atom stereocenters. The van der Waals surface area contributed by atoms with Crippen LogP contribution in [0.4, 0.5) is 5.69 Å². The van der Waals surface area contributed by atoms with Gasteiger partial charge in [-0.1, -0.05) is 65.2 Å². The highest BCUT2D eigenvalue weighted by atomic mass is 35.5. The van der Waals surface area contributed by atoms with Crippen LogP contribution in [0.3, 0.4) is 0 Å². The van der Waals surface area contributed by atoms with Crippen LogP contribution in [-0.2, 0) is 32.7 Å². The van der Waals surface area contributed by atoms with Crippen molar-refractivity contribution in [1.29, 1.82) is 0 Å². The average Bonchev–Trinajstić information content (AvgIpc) is 3.38. The topological polar surface area (TPSA) is 121 Å². The SMILES string of the molecule is Cc1ccc(CN(Cc2ccc(/C=N/NC(=O)C(=O)Nc3cc(Cl)ccc3C)o2)S(=O)(=O)c2ccc(C)cc2)cc1. The summed E-state index contributed by atoms with van der Waals surface area (Å²) in [4.78, 5) is 24.6. The van der Waals surface area contributed by atoms with Crippen LogP contribution in [0, 0.1) is 20.8 Å². The molecule has 11 heteroatoms. The molecule has 9 nitrogen and oxygen atoms in total. The lowest BCUT2D eigenvalue weighted by Gasteiger charge is -2.21. The molecule has 0 aliphatic rings. The van der Waals surface area contributed by atoms with Gasteiger partial charge in [0.1, 0.15) is 11.5 Å². The van der Waals surface area contributed by atoms with E-state index in [0.717, 1.165) is 22.3 Å². The van der Waals surface area contributed by atoms with Crippen molar-refractivity contribution in [3.63, 3.8) is 0 Å². The Morgan fingerprint density at radius 1 is 0.878 bits per heavy atom. The van der Waals surface area contributed by atoms with Gasteiger partial charge in [-0.2, -0.15) is 9.41 Å². The number of benzene rings is 3. The molecule has 0 saturated carbocycles. The summed E-state index contributed by atoms with van der Waals surface area (Å²) in [5.41, 5.74) is 6.14. The maximum absolute atomic E-state index is 13.6. The number of nitrogens with one attached hydrogen (secondary N) is 2.